The zero-order valence-corrected chi connectivity index (χ0v) is 10.7. The third-order valence-corrected chi connectivity index (χ3v) is 3.69. The number of hydrogen-bond acceptors (Lipinski definition) is 2. The fraction of sp³-hybridized carbons (Fsp3) is 0.917. The van der Waals surface area contributed by atoms with Gasteiger partial charge >= 0.3 is 0 Å². The quantitative estimate of drug-likeness (QED) is 0.796. The van der Waals surface area contributed by atoms with Crippen molar-refractivity contribution in [2.24, 2.45) is 11.8 Å². The van der Waals surface area contributed by atoms with Crippen molar-refractivity contribution in [1.82, 2.24) is 10.6 Å². The Morgan fingerprint density at radius 1 is 1.19 bits per heavy atom. The molecule has 1 saturated heterocycles. The molecule has 3 nitrogen and oxygen atoms in total. The normalized spacial score (nSPS) is 26.1. The van der Waals surface area contributed by atoms with Crippen molar-refractivity contribution in [1.29, 1.82) is 0 Å². The SMILES string of the molecule is Cl.O=C(NCC1CCCNC1)C1CCCC1. The number of nitrogens with one attached hydrogen (secondary N) is 2. The van der Waals surface area contributed by atoms with E-state index in [9.17, 15) is 4.79 Å². The Bertz CT molecular complexity index is 211. The van der Waals surface area contributed by atoms with Crippen LogP contribution < -0.4 is 10.6 Å². The summed E-state index contributed by atoms with van der Waals surface area (Å²) in [5, 5.41) is 6.49. The maximum absolute atomic E-state index is 11.8. The van der Waals surface area contributed by atoms with Gasteiger partial charge in [0.1, 0.15) is 0 Å². The molecule has 94 valence electrons. The third kappa shape index (κ3) is 3.95. The van der Waals surface area contributed by atoms with Gasteiger partial charge in [0.05, 0.1) is 0 Å². The molecule has 16 heavy (non-hydrogen) atoms. The molecule has 0 bridgehead atoms. The number of carbonyl (C=O) groups is 1. The Morgan fingerprint density at radius 2 is 1.94 bits per heavy atom. The van der Waals surface area contributed by atoms with Crippen LogP contribution in [0.4, 0.5) is 0 Å². The van der Waals surface area contributed by atoms with Gasteiger partial charge in [-0.3, -0.25) is 4.79 Å². The van der Waals surface area contributed by atoms with E-state index in [-0.39, 0.29) is 12.4 Å². The molecule has 1 aliphatic heterocycles. The number of rotatable bonds is 3. The summed E-state index contributed by atoms with van der Waals surface area (Å²) in [4.78, 5) is 11.8. The second kappa shape index (κ2) is 7.13. The molecule has 0 aromatic rings. The summed E-state index contributed by atoms with van der Waals surface area (Å²) in [5.74, 6) is 1.28. The Hall–Kier alpha value is -0.280. The van der Waals surface area contributed by atoms with Crippen LogP contribution >= 0.6 is 12.4 Å². The first-order valence-electron chi connectivity index (χ1n) is 6.34. The summed E-state index contributed by atoms with van der Waals surface area (Å²) in [7, 11) is 0. The fourth-order valence-corrected chi connectivity index (χ4v) is 2.68. The first kappa shape index (κ1) is 13.8. The van der Waals surface area contributed by atoms with Gasteiger partial charge in [0.2, 0.25) is 5.91 Å². The predicted molar refractivity (Wildman–Crippen MR) is 67.8 cm³/mol. The van der Waals surface area contributed by atoms with Crippen molar-refractivity contribution in [3.8, 4) is 0 Å². The summed E-state index contributed by atoms with van der Waals surface area (Å²) in [6, 6.07) is 0. The van der Waals surface area contributed by atoms with Gasteiger partial charge in [0, 0.05) is 12.5 Å². The van der Waals surface area contributed by atoms with Gasteiger partial charge in [-0.1, -0.05) is 12.8 Å². The van der Waals surface area contributed by atoms with Gasteiger partial charge in [-0.25, -0.2) is 0 Å². The summed E-state index contributed by atoms with van der Waals surface area (Å²) < 4.78 is 0. The van der Waals surface area contributed by atoms with E-state index in [1.807, 2.05) is 0 Å². The molecule has 1 amide bonds. The number of carbonyl (C=O) groups excluding carboxylic acids is 1. The molecule has 2 rings (SSSR count). The van der Waals surface area contributed by atoms with E-state index >= 15 is 0 Å². The Morgan fingerprint density at radius 3 is 2.56 bits per heavy atom. The van der Waals surface area contributed by atoms with E-state index in [1.165, 1.54) is 25.7 Å². The highest BCUT2D eigenvalue weighted by molar-refractivity contribution is 5.85. The van der Waals surface area contributed by atoms with Gasteiger partial charge in [-0.05, 0) is 44.7 Å². The smallest absolute Gasteiger partial charge is 0.223 e. The molecule has 0 aromatic carbocycles. The van der Waals surface area contributed by atoms with Crippen LogP contribution in [0.15, 0.2) is 0 Å². The highest BCUT2D eigenvalue weighted by atomic mass is 35.5. The van der Waals surface area contributed by atoms with Crippen molar-refractivity contribution >= 4 is 18.3 Å². The van der Waals surface area contributed by atoms with Gasteiger partial charge in [0.15, 0.2) is 0 Å². The van der Waals surface area contributed by atoms with E-state index in [0.717, 1.165) is 32.5 Å². The van der Waals surface area contributed by atoms with E-state index in [4.69, 9.17) is 0 Å². The minimum Gasteiger partial charge on any atom is -0.356 e. The summed E-state index contributed by atoms with van der Waals surface area (Å²) in [6.07, 6.45) is 7.21. The van der Waals surface area contributed by atoms with E-state index in [2.05, 4.69) is 10.6 Å². The highest BCUT2D eigenvalue weighted by Gasteiger charge is 2.23. The largest absolute Gasteiger partial charge is 0.356 e. The average Bonchev–Trinajstić information content (AvgIpc) is 2.81. The van der Waals surface area contributed by atoms with Crippen LogP contribution in [0.25, 0.3) is 0 Å². The van der Waals surface area contributed by atoms with Crippen LogP contribution in [0.3, 0.4) is 0 Å². The second-order valence-electron chi connectivity index (χ2n) is 4.94. The highest BCUT2D eigenvalue weighted by Crippen LogP contribution is 2.24. The molecule has 1 saturated carbocycles. The lowest BCUT2D eigenvalue weighted by Crippen LogP contribution is -2.39. The Labute approximate surface area is 104 Å². The van der Waals surface area contributed by atoms with Crippen LogP contribution in [-0.4, -0.2) is 25.5 Å². The zero-order chi connectivity index (χ0) is 10.5. The van der Waals surface area contributed by atoms with Crippen molar-refractivity contribution in [3.63, 3.8) is 0 Å². The topological polar surface area (TPSA) is 41.1 Å². The van der Waals surface area contributed by atoms with Crippen molar-refractivity contribution < 1.29 is 4.79 Å². The maximum atomic E-state index is 11.8. The van der Waals surface area contributed by atoms with Gasteiger partial charge in [-0.2, -0.15) is 0 Å². The van der Waals surface area contributed by atoms with E-state index in [0.29, 0.717) is 17.7 Å². The number of piperidine rings is 1. The molecular formula is C12H23ClN2O. The lowest BCUT2D eigenvalue weighted by Gasteiger charge is -2.23. The molecule has 2 N–H and O–H groups in total. The summed E-state index contributed by atoms with van der Waals surface area (Å²) >= 11 is 0. The maximum Gasteiger partial charge on any atom is 0.223 e. The molecule has 1 unspecified atom stereocenters. The van der Waals surface area contributed by atoms with E-state index in [1.54, 1.807) is 0 Å². The van der Waals surface area contributed by atoms with Gasteiger partial charge in [0.25, 0.3) is 0 Å². The fourth-order valence-electron chi connectivity index (χ4n) is 2.68. The molecule has 4 heteroatoms. The van der Waals surface area contributed by atoms with Gasteiger partial charge < -0.3 is 10.6 Å². The molecule has 1 aliphatic carbocycles. The first-order chi connectivity index (χ1) is 7.36. The van der Waals surface area contributed by atoms with Crippen LogP contribution in [0.2, 0.25) is 0 Å². The molecule has 0 radical (unpaired) electrons. The van der Waals surface area contributed by atoms with Crippen molar-refractivity contribution in [3.05, 3.63) is 0 Å². The minimum atomic E-state index is 0. The number of hydrogen-bond donors (Lipinski definition) is 2. The van der Waals surface area contributed by atoms with Crippen molar-refractivity contribution in [2.45, 2.75) is 38.5 Å². The third-order valence-electron chi connectivity index (χ3n) is 3.69. The molecule has 1 heterocycles. The monoisotopic (exact) mass is 246 g/mol. The molecule has 0 spiro atoms. The zero-order valence-electron chi connectivity index (χ0n) is 9.84. The van der Waals surface area contributed by atoms with Crippen LogP contribution in [0, 0.1) is 11.8 Å². The standard InChI is InChI=1S/C12H22N2O.ClH/c15-12(11-5-1-2-6-11)14-9-10-4-3-7-13-8-10;/h10-11,13H,1-9H2,(H,14,15);1H. The molecule has 0 aromatic heterocycles. The predicted octanol–water partition coefficient (Wildman–Crippen LogP) is 1.71. The van der Waals surface area contributed by atoms with Gasteiger partial charge in [-0.15, -0.1) is 12.4 Å². The van der Waals surface area contributed by atoms with Crippen LogP contribution in [0.5, 0.6) is 0 Å². The Kier molecular flexibility index (Phi) is 6.14. The second-order valence-corrected chi connectivity index (χ2v) is 4.94. The van der Waals surface area contributed by atoms with E-state index < -0.39 is 0 Å². The lowest BCUT2D eigenvalue weighted by atomic mass is 9.99. The Balaban J connectivity index is 0.00000128. The van der Waals surface area contributed by atoms with Crippen molar-refractivity contribution in [2.75, 3.05) is 19.6 Å². The lowest BCUT2D eigenvalue weighted by molar-refractivity contribution is -0.125. The van der Waals surface area contributed by atoms with Crippen LogP contribution in [-0.2, 0) is 4.79 Å². The molecule has 1 atom stereocenters. The summed E-state index contributed by atoms with van der Waals surface area (Å²) in [5.41, 5.74) is 0. The summed E-state index contributed by atoms with van der Waals surface area (Å²) in [6.45, 7) is 3.10. The number of halogens is 1. The molecular weight excluding hydrogens is 224 g/mol. The average molecular weight is 247 g/mol. The first-order valence-corrected chi connectivity index (χ1v) is 6.34. The minimum absolute atomic E-state index is 0. The molecule has 2 fully saturated rings. The molecule has 2 aliphatic rings. The van der Waals surface area contributed by atoms with Crippen LogP contribution in [0.1, 0.15) is 38.5 Å². The number of amides is 1.